The van der Waals surface area contributed by atoms with E-state index in [0.717, 1.165) is 17.9 Å². The first-order valence-electron chi connectivity index (χ1n) is 8.81. The van der Waals surface area contributed by atoms with Gasteiger partial charge < -0.3 is 24.3 Å². The Hall–Kier alpha value is -2.60. The van der Waals surface area contributed by atoms with Crippen LogP contribution < -0.4 is 24.3 Å². The Morgan fingerprint density at radius 3 is 2.48 bits per heavy atom. The van der Waals surface area contributed by atoms with Crippen molar-refractivity contribution >= 4 is 23.2 Å². The number of fused-ring (bicyclic) bond motifs is 1. The summed E-state index contributed by atoms with van der Waals surface area (Å²) in [6, 6.07) is 10.7. The maximum absolute atomic E-state index is 12.2. The summed E-state index contributed by atoms with van der Waals surface area (Å²) >= 11 is 6.24. The van der Waals surface area contributed by atoms with E-state index in [1.807, 2.05) is 24.3 Å². The van der Waals surface area contributed by atoms with Gasteiger partial charge in [0.2, 0.25) is 5.91 Å². The summed E-state index contributed by atoms with van der Waals surface area (Å²) in [4.78, 5) is 12.2. The lowest BCUT2D eigenvalue weighted by Gasteiger charge is -2.12. The Balaban J connectivity index is 1.47. The molecular formula is C20H22ClNO5. The van der Waals surface area contributed by atoms with Crippen molar-refractivity contribution < 1.29 is 23.7 Å². The van der Waals surface area contributed by atoms with Gasteiger partial charge in [-0.05, 0) is 30.7 Å². The third kappa shape index (κ3) is 5.44. The molecule has 0 saturated heterocycles. The highest BCUT2D eigenvalue weighted by atomic mass is 35.5. The van der Waals surface area contributed by atoms with E-state index < -0.39 is 0 Å². The number of carbonyl (C=O) groups excluding carboxylic acids is 1. The number of amides is 1. The van der Waals surface area contributed by atoms with Crippen molar-refractivity contribution in [2.45, 2.75) is 19.3 Å². The molecule has 1 aliphatic rings. The largest absolute Gasteiger partial charge is 0.497 e. The molecule has 27 heavy (non-hydrogen) atoms. The minimum Gasteiger partial charge on any atom is -0.497 e. The van der Waals surface area contributed by atoms with E-state index in [1.165, 1.54) is 0 Å². The lowest BCUT2D eigenvalue weighted by molar-refractivity contribution is -0.116. The fraction of sp³-hybridized carbons (Fsp3) is 0.350. The second-order valence-electron chi connectivity index (χ2n) is 6.00. The number of rotatable bonds is 7. The van der Waals surface area contributed by atoms with E-state index in [0.29, 0.717) is 54.9 Å². The predicted octanol–water partition coefficient (Wildman–Crippen LogP) is 4.31. The minimum atomic E-state index is -0.135. The zero-order valence-corrected chi connectivity index (χ0v) is 15.9. The molecule has 1 amide bonds. The van der Waals surface area contributed by atoms with E-state index in [1.54, 1.807) is 19.2 Å². The van der Waals surface area contributed by atoms with E-state index >= 15 is 0 Å². The van der Waals surface area contributed by atoms with Crippen molar-refractivity contribution in [1.29, 1.82) is 0 Å². The molecule has 1 aliphatic heterocycles. The van der Waals surface area contributed by atoms with E-state index in [-0.39, 0.29) is 5.91 Å². The first-order valence-corrected chi connectivity index (χ1v) is 9.19. The Labute approximate surface area is 163 Å². The van der Waals surface area contributed by atoms with Crippen LogP contribution in [-0.4, -0.2) is 32.8 Å². The van der Waals surface area contributed by atoms with Crippen LogP contribution in [0.15, 0.2) is 36.4 Å². The molecule has 0 saturated carbocycles. The van der Waals surface area contributed by atoms with Gasteiger partial charge in [-0.2, -0.15) is 0 Å². The molecule has 1 heterocycles. The number of anilines is 1. The number of ether oxygens (including phenoxy) is 4. The molecule has 0 atom stereocenters. The summed E-state index contributed by atoms with van der Waals surface area (Å²) in [5.74, 6) is 2.57. The highest BCUT2D eigenvalue weighted by molar-refractivity contribution is 6.34. The number of hydrogen-bond donors (Lipinski definition) is 1. The SMILES string of the molecule is COc1ccc(OCCCC(=O)Nc2cc3c(cc2Cl)OCCCO3)cc1. The van der Waals surface area contributed by atoms with E-state index in [9.17, 15) is 4.79 Å². The van der Waals surface area contributed by atoms with E-state index in [4.69, 9.17) is 30.5 Å². The lowest BCUT2D eigenvalue weighted by Crippen LogP contribution is -2.13. The average molecular weight is 392 g/mol. The molecule has 3 rings (SSSR count). The minimum absolute atomic E-state index is 0.135. The molecule has 0 bridgehead atoms. The van der Waals surface area contributed by atoms with Crippen molar-refractivity contribution in [3.63, 3.8) is 0 Å². The smallest absolute Gasteiger partial charge is 0.224 e. The van der Waals surface area contributed by atoms with Crippen molar-refractivity contribution in [3.05, 3.63) is 41.4 Å². The Morgan fingerprint density at radius 2 is 1.78 bits per heavy atom. The first kappa shape index (κ1) is 19.2. The quantitative estimate of drug-likeness (QED) is 0.712. The standard InChI is InChI=1S/C20H22ClNO5/c1-24-14-5-7-15(8-6-14)25-9-2-4-20(23)22-17-13-19-18(12-16(17)21)26-10-3-11-27-19/h5-8,12-13H,2-4,9-11H2,1H3,(H,22,23). The second-order valence-corrected chi connectivity index (χ2v) is 6.41. The molecule has 2 aromatic carbocycles. The Bertz CT molecular complexity index is 779. The fourth-order valence-electron chi connectivity index (χ4n) is 2.59. The molecule has 0 aliphatic carbocycles. The zero-order valence-electron chi connectivity index (χ0n) is 15.1. The average Bonchev–Trinajstić information content (AvgIpc) is 2.91. The van der Waals surface area contributed by atoms with Crippen LogP contribution in [0.1, 0.15) is 19.3 Å². The van der Waals surface area contributed by atoms with Gasteiger partial charge in [-0.1, -0.05) is 11.6 Å². The van der Waals surface area contributed by atoms with Gasteiger partial charge in [0.1, 0.15) is 11.5 Å². The molecule has 0 unspecified atom stereocenters. The topological polar surface area (TPSA) is 66.0 Å². The molecule has 2 aromatic rings. The molecule has 6 nitrogen and oxygen atoms in total. The first-order chi connectivity index (χ1) is 13.2. The van der Waals surface area contributed by atoms with Crippen molar-refractivity contribution in [3.8, 4) is 23.0 Å². The zero-order chi connectivity index (χ0) is 19.1. The number of benzene rings is 2. The highest BCUT2D eigenvalue weighted by Crippen LogP contribution is 2.37. The molecular weight excluding hydrogens is 370 g/mol. The van der Waals surface area contributed by atoms with Crippen LogP contribution in [0.2, 0.25) is 5.02 Å². The summed E-state index contributed by atoms with van der Waals surface area (Å²) in [6.45, 7) is 1.60. The van der Waals surface area contributed by atoms with Gasteiger partial charge in [-0.15, -0.1) is 0 Å². The van der Waals surface area contributed by atoms with Gasteiger partial charge in [0.25, 0.3) is 0 Å². The van der Waals surface area contributed by atoms with Crippen LogP contribution in [-0.2, 0) is 4.79 Å². The van der Waals surface area contributed by atoms with Gasteiger partial charge in [0.05, 0.1) is 37.6 Å². The normalized spacial score (nSPS) is 12.8. The molecule has 7 heteroatoms. The molecule has 0 spiro atoms. The summed E-state index contributed by atoms with van der Waals surface area (Å²) in [7, 11) is 1.62. The summed E-state index contributed by atoms with van der Waals surface area (Å²) in [5.41, 5.74) is 0.516. The third-order valence-corrected chi connectivity index (χ3v) is 4.30. The second kappa shape index (κ2) is 9.37. The van der Waals surface area contributed by atoms with Crippen molar-refractivity contribution in [1.82, 2.24) is 0 Å². The van der Waals surface area contributed by atoms with Crippen LogP contribution in [0.5, 0.6) is 23.0 Å². The van der Waals surface area contributed by atoms with Crippen LogP contribution >= 0.6 is 11.6 Å². The number of halogens is 1. The van der Waals surface area contributed by atoms with Crippen LogP contribution in [0.3, 0.4) is 0 Å². The van der Waals surface area contributed by atoms with Crippen molar-refractivity contribution in [2.75, 3.05) is 32.2 Å². The Kier molecular flexibility index (Phi) is 6.65. The lowest BCUT2D eigenvalue weighted by atomic mass is 10.2. The van der Waals surface area contributed by atoms with E-state index in [2.05, 4.69) is 5.32 Å². The van der Waals surface area contributed by atoms with Gasteiger partial charge >= 0.3 is 0 Å². The van der Waals surface area contributed by atoms with Crippen LogP contribution in [0.4, 0.5) is 5.69 Å². The number of nitrogens with one attached hydrogen (secondary N) is 1. The van der Waals surface area contributed by atoms with Gasteiger partial charge in [0.15, 0.2) is 11.5 Å². The maximum Gasteiger partial charge on any atom is 0.224 e. The van der Waals surface area contributed by atoms with Gasteiger partial charge in [-0.25, -0.2) is 0 Å². The number of methoxy groups -OCH3 is 1. The summed E-state index contributed by atoms with van der Waals surface area (Å²) in [5, 5.41) is 3.23. The Morgan fingerprint density at radius 1 is 1.11 bits per heavy atom. The highest BCUT2D eigenvalue weighted by Gasteiger charge is 2.15. The molecule has 144 valence electrons. The number of hydrogen-bond acceptors (Lipinski definition) is 5. The van der Waals surface area contributed by atoms with Crippen LogP contribution in [0, 0.1) is 0 Å². The maximum atomic E-state index is 12.2. The third-order valence-electron chi connectivity index (χ3n) is 3.99. The van der Waals surface area contributed by atoms with Gasteiger partial charge in [0, 0.05) is 25.0 Å². The molecule has 0 fully saturated rings. The van der Waals surface area contributed by atoms with Crippen LogP contribution in [0.25, 0.3) is 0 Å². The monoisotopic (exact) mass is 391 g/mol. The number of carbonyl (C=O) groups is 1. The fourth-order valence-corrected chi connectivity index (χ4v) is 2.79. The summed E-state index contributed by atoms with van der Waals surface area (Å²) in [6.07, 6.45) is 1.71. The predicted molar refractivity (Wildman–Crippen MR) is 103 cm³/mol. The van der Waals surface area contributed by atoms with Crippen molar-refractivity contribution in [2.24, 2.45) is 0 Å². The molecule has 1 N–H and O–H groups in total. The summed E-state index contributed by atoms with van der Waals surface area (Å²) < 4.78 is 21.9. The molecule has 0 radical (unpaired) electrons. The molecule has 0 aromatic heterocycles. The van der Waals surface area contributed by atoms with Gasteiger partial charge in [-0.3, -0.25) is 4.79 Å².